The third kappa shape index (κ3) is 3.92. The SMILES string of the molecule is CC1CNCC(COC(C)C(C)O)O1. The van der Waals surface area contributed by atoms with Crippen molar-refractivity contribution in [3.63, 3.8) is 0 Å². The van der Waals surface area contributed by atoms with E-state index < -0.39 is 6.10 Å². The standard InChI is InChI=1S/C10H21NO3/c1-7-4-11-5-10(14-7)6-13-9(3)8(2)12/h7-12H,4-6H2,1-3H3. The number of morpholine rings is 1. The van der Waals surface area contributed by atoms with Crippen LogP contribution in [0.25, 0.3) is 0 Å². The van der Waals surface area contributed by atoms with Crippen LogP contribution in [-0.2, 0) is 9.47 Å². The van der Waals surface area contributed by atoms with E-state index in [1.54, 1.807) is 6.92 Å². The fraction of sp³-hybridized carbons (Fsp3) is 1.00. The van der Waals surface area contributed by atoms with Crippen molar-refractivity contribution in [3.05, 3.63) is 0 Å². The smallest absolute Gasteiger partial charge is 0.0936 e. The lowest BCUT2D eigenvalue weighted by atomic mass is 10.2. The van der Waals surface area contributed by atoms with Gasteiger partial charge >= 0.3 is 0 Å². The van der Waals surface area contributed by atoms with Gasteiger partial charge in [-0.15, -0.1) is 0 Å². The average Bonchev–Trinajstić information content (AvgIpc) is 2.14. The normalized spacial score (nSPS) is 32.6. The summed E-state index contributed by atoms with van der Waals surface area (Å²) in [5.74, 6) is 0. The van der Waals surface area contributed by atoms with Crippen molar-refractivity contribution in [2.75, 3.05) is 19.7 Å². The highest BCUT2D eigenvalue weighted by atomic mass is 16.5. The van der Waals surface area contributed by atoms with E-state index in [9.17, 15) is 5.11 Å². The summed E-state index contributed by atoms with van der Waals surface area (Å²) in [5.41, 5.74) is 0. The van der Waals surface area contributed by atoms with Crippen LogP contribution in [0, 0.1) is 0 Å². The minimum atomic E-state index is -0.427. The van der Waals surface area contributed by atoms with Crippen molar-refractivity contribution in [2.24, 2.45) is 0 Å². The van der Waals surface area contributed by atoms with E-state index in [-0.39, 0.29) is 18.3 Å². The minimum Gasteiger partial charge on any atom is -0.391 e. The second-order valence-corrected chi connectivity index (χ2v) is 4.01. The lowest BCUT2D eigenvalue weighted by Crippen LogP contribution is -2.46. The van der Waals surface area contributed by atoms with E-state index in [2.05, 4.69) is 5.32 Å². The van der Waals surface area contributed by atoms with E-state index in [1.807, 2.05) is 13.8 Å². The van der Waals surface area contributed by atoms with Gasteiger partial charge in [0, 0.05) is 13.1 Å². The Kier molecular flexibility index (Phi) is 4.81. The quantitative estimate of drug-likeness (QED) is 0.683. The maximum Gasteiger partial charge on any atom is 0.0936 e. The molecule has 0 aromatic rings. The van der Waals surface area contributed by atoms with Gasteiger partial charge in [0.25, 0.3) is 0 Å². The molecule has 4 heteroatoms. The molecule has 84 valence electrons. The molecule has 0 radical (unpaired) electrons. The number of aliphatic hydroxyl groups excluding tert-OH is 1. The number of ether oxygens (including phenoxy) is 2. The Labute approximate surface area is 85.6 Å². The van der Waals surface area contributed by atoms with Crippen molar-refractivity contribution in [1.29, 1.82) is 0 Å². The fourth-order valence-corrected chi connectivity index (χ4v) is 1.37. The van der Waals surface area contributed by atoms with Crippen molar-refractivity contribution < 1.29 is 14.6 Å². The first kappa shape index (κ1) is 11.9. The lowest BCUT2D eigenvalue weighted by Gasteiger charge is -2.29. The van der Waals surface area contributed by atoms with Gasteiger partial charge in [0.15, 0.2) is 0 Å². The maximum absolute atomic E-state index is 9.22. The summed E-state index contributed by atoms with van der Waals surface area (Å²) in [4.78, 5) is 0. The average molecular weight is 203 g/mol. The first-order chi connectivity index (χ1) is 6.59. The summed E-state index contributed by atoms with van der Waals surface area (Å²) in [5, 5.41) is 12.5. The number of aliphatic hydroxyl groups is 1. The molecule has 0 aromatic heterocycles. The van der Waals surface area contributed by atoms with Crippen LogP contribution in [0.2, 0.25) is 0 Å². The summed E-state index contributed by atoms with van der Waals surface area (Å²) in [6.45, 7) is 7.91. The lowest BCUT2D eigenvalue weighted by molar-refractivity contribution is -0.0996. The first-order valence-corrected chi connectivity index (χ1v) is 5.25. The molecule has 0 aliphatic carbocycles. The zero-order valence-corrected chi connectivity index (χ0v) is 9.19. The molecule has 0 aromatic carbocycles. The van der Waals surface area contributed by atoms with Crippen LogP contribution in [0.1, 0.15) is 20.8 Å². The Morgan fingerprint density at radius 2 is 2.21 bits per heavy atom. The summed E-state index contributed by atoms with van der Waals surface area (Å²) in [6.07, 6.45) is -0.195. The van der Waals surface area contributed by atoms with E-state index in [0.29, 0.717) is 6.61 Å². The monoisotopic (exact) mass is 203 g/mol. The molecule has 4 nitrogen and oxygen atoms in total. The van der Waals surface area contributed by atoms with Crippen molar-refractivity contribution in [3.8, 4) is 0 Å². The van der Waals surface area contributed by atoms with Gasteiger partial charge in [0.1, 0.15) is 0 Å². The van der Waals surface area contributed by atoms with Crippen LogP contribution in [-0.4, -0.2) is 49.2 Å². The Morgan fingerprint density at radius 1 is 1.50 bits per heavy atom. The van der Waals surface area contributed by atoms with Gasteiger partial charge in [-0.25, -0.2) is 0 Å². The highest BCUT2D eigenvalue weighted by molar-refractivity contribution is 4.72. The van der Waals surface area contributed by atoms with Gasteiger partial charge in [-0.2, -0.15) is 0 Å². The van der Waals surface area contributed by atoms with Gasteiger partial charge in [-0.1, -0.05) is 0 Å². The van der Waals surface area contributed by atoms with Crippen molar-refractivity contribution in [1.82, 2.24) is 5.32 Å². The van der Waals surface area contributed by atoms with Gasteiger partial charge in [-0.05, 0) is 20.8 Å². The van der Waals surface area contributed by atoms with Gasteiger partial charge in [-0.3, -0.25) is 0 Å². The van der Waals surface area contributed by atoms with Gasteiger partial charge in [0.2, 0.25) is 0 Å². The molecule has 0 saturated carbocycles. The first-order valence-electron chi connectivity index (χ1n) is 5.25. The molecule has 14 heavy (non-hydrogen) atoms. The molecule has 0 spiro atoms. The number of hydrogen-bond donors (Lipinski definition) is 2. The number of rotatable bonds is 4. The summed E-state index contributed by atoms with van der Waals surface area (Å²) in [6, 6.07) is 0. The molecule has 1 rings (SSSR count). The minimum absolute atomic E-state index is 0.111. The Bertz CT molecular complexity index is 163. The third-order valence-electron chi connectivity index (χ3n) is 2.45. The van der Waals surface area contributed by atoms with Crippen LogP contribution < -0.4 is 5.32 Å². The molecule has 4 unspecified atom stereocenters. The molecule has 1 heterocycles. The Hall–Kier alpha value is -0.160. The second kappa shape index (κ2) is 5.66. The number of nitrogens with one attached hydrogen (secondary N) is 1. The van der Waals surface area contributed by atoms with E-state index >= 15 is 0 Å². The molecule has 4 atom stereocenters. The molecule has 1 aliphatic rings. The molecule has 1 aliphatic heterocycles. The maximum atomic E-state index is 9.22. The van der Waals surface area contributed by atoms with Crippen LogP contribution in [0.4, 0.5) is 0 Å². The van der Waals surface area contributed by atoms with Crippen LogP contribution in [0.15, 0.2) is 0 Å². The molecule has 0 bridgehead atoms. The summed E-state index contributed by atoms with van der Waals surface area (Å²) in [7, 11) is 0. The zero-order chi connectivity index (χ0) is 10.6. The molecule has 1 fully saturated rings. The predicted molar refractivity (Wildman–Crippen MR) is 54.3 cm³/mol. The number of hydrogen-bond acceptors (Lipinski definition) is 4. The fourth-order valence-electron chi connectivity index (χ4n) is 1.37. The summed E-state index contributed by atoms with van der Waals surface area (Å²) < 4.78 is 11.1. The van der Waals surface area contributed by atoms with E-state index in [4.69, 9.17) is 9.47 Å². The second-order valence-electron chi connectivity index (χ2n) is 4.01. The van der Waals surface area contributed by atoms with Crippen LogP contribution >= 0.6 is 0 Å². The van der Waals surface area contributed by atoms with Crippen LogP contribution in [0.5, 0.6) is 0 Å². The largest absolute Gasteiger partial charge is 0.391 e. The molecule has 2 N–H and O–H groups in total. The zero-order valence-electron chi connectivity index (χ0n) is 9.19. The highest BCUT2D eigenvalue weighted by Gasteiger charge is 2.20. The molecule has 0 amide bonds. The van der Waals surface area contributed by atoms with E-state index in [0.717, 1.165) is 13.1 Å². The van der Waals surface area contributed by atoms with E-state index in [1.165, 1.54) is 0 Å². The summed E-state index contributed by atoms with van der Waals surface area (Å²) >= 11 is 0. The van der Waals surface area contributed by atoms with Crippen LogP contribution in [0.3, 0.4) is 0 Å². The van der Waals surface area contributed by atoms with Gasteiger partial charge < -0.3 is 19.9 Å². The molecular formula is C10H21NO3. The topological polar surface area (TPSA) is 50.7 Å². The van der Waals surface area contributed by atoms with Gasteiger partial charge in [0.05, 0.1) is 31.0 Å². The highest BCUT2D eigenvalue weighted by Crippen LogP contribution is 2.06. The predicted octanol–water partition coefficient (Wildman–Crippen LogP) is 0.149. The Balaban J connectivity index is 2.17. The molecular weight excluding hydrogens is 182 g/mol. The van der Waals surface area contributed by atoms with Crippen molar-refractivity contribution in [2.45, 2.75) is 45.2 Å². The molecule has 1 saturated heterocycles. The van der Waals surface area contributed by atoms with Crippen molar-refractivity contribution >= 4 is 0 Å². The third-order valence-corrected chi connectivity index (χ3v) is 2.45. The Morgan fingerprint density at radius 3 is 2.79 bits per heavy atom.